The van der Waals surface area contributed by atoms with Gasteiger partial charge in [-0.15, -0.1) is 11.8 Å². The predicted molar refractivity (Wildman–Crippen MR) is 99.1 cm³/mol. The number of hydrogen-bond acceptors (Lipinski definition) is 4. The molecule has 2 aromatic carbocycles. The van der Waals surface area contributed by atoms with Crippen molar-refractivity contribution in [1.29, 1.82) is 0 Å². The van der Waals surface area contributed by atoms with Crippen molar-refractivity contribution < 1.29 is 9.53 Å². The smallest absolute Gasteiger partial charge is 0.230 e. The molecule has 0 radical (unpaired) electrons. The van der Waals surface area contributed by atoms with Crippen LogP contribution in [-0.2, 0) is 11.3 Å². The van der Waals surface area contributed by atoms with Gasteiger partial charge in [-0.05, 0) is 42.0 Å². The Kier molecular flexibility index (Phi) is 5.74. The van der Waals surface area contributed by atoms with Crippen LogP contribution in [0.3, 0.4) is 0 Å². The number of carbonyl (C=O) groups excluding carboxylic acids is 1. The average molecular weight is 353 g/mol. The molecule has 0 spiro atoms. The number of amides is 1. The highest BCUT2D eigenvalue weighted by Crippen LogP contribution is 2.21. The number of nitrogens with zero attached hydrogens (tertiary/aromatic N) is 2. The Morgan fingerprint density at radius 1 is 1.16 bits per heavy atom. The maximum atomic E-state index is 12.0. The SMILES string of the molecule is COc1ccc(SCC(=O)NCc2ccc(-n3ccnc3)cc2)cc1. The number of thioether (sulfide) groups is 1. The van der Waals surface area contributed by atoms with E-state index < -0.39 is 0 Å². The van der Waals surface area contributed by atoms with Crippen molar-refractivity contribution in [3.63, 3.8) is 0 Å². The molecule has 6 heteroatoms. The van der Waals surface area contributed by atoms with Gasteiger partial charge in [-0.3, -0.25) is 4.79 Å². The number of ether oxygens (including phenoxy) is 1. The minimum Gasteiger partial charge on any atom is -0.497 e. The third-order valence-corrected chi connectivity index (χ3v) is 4.67. The van der Waals surface area contributed by atoms with Crippen molar-refractivity contribution in [3.8, 4) is 11.4 Å². The summed E-state index contributed by atoms with van der Waals surface area (Å²) in [5, 5.41) is 2.94. The fourth-order valence-electron chi connectivity index (χ4n) is 2.27. The molecule has 0 bridgehead atoms. The van der Waals surface area contributed by atoms with Gasteiger partial charge in [-0.2, -0.15) is 0 Å². The number of hydrogen-bond donors (Lipinski definition) is 1. The number of aromatic nitrogens is 2. The van der Waals surface area contributed by atoms with Gasteiger partial charge >= 0.3 is 0 Å². The molecule has 0 aliphatic heterocycles. The zero-order valence-corrected chi connectivity index (χ0v) is 14.7. The molecule has 3 rings (SSSR count). The van der Waals surface area contributed by atoms with E-state index in [1.165, 1.54) is 11.8 Å². The molecule has 128 valence electrons. The summed E-state index contributed by atoms with van der Waals surface area (Å²) in [4.78, 5) is 17.1. The second-order valence-corrected chi connectivity index (χ2v) is 6.43. The normalized spacial score (nSPS) is 10.4. The number of methoxy groups -OCH3 is 1. The van der Waals surface area contributed by atoms with E-state index in [-0.39, 0.29) is 5.91 Å². The predicted octanol–water partition coefficient (Wildman–Crippen LogP) is 3.29. The Balaban J connectivity index is 1.45. The van der Waals surface area contributed by atoms with Crippen LogP contribution in [0.2, 0.25) is 0 Å². The van der Waals surface area contributed by atoms with Crippen molar-refractivity contribution in [2.75, 3.05) is 12.9 Å². The van der Waals surface area contributed by atoms with Gasteiger partial charge in [-0.25, -0.2) is 4.98 Å². The van der Waals surface area contributed by atoms with E-state index in [1.807, 2.05) is 59.3 Å². The molecule has 1 amide bonds. The Morgan fingerprint density at radius 2 is 1.92 bits per heavy atom. The van der Waals surface area contributed by atoms with Gasteiger partial charge in [0.25, 0.3) is 0 Å². The lowest BCUT2D eigenvalue weighted by Gasteiger charge is -2.07. The first-order valence-corrected chi connectivity index (χ1v) is 8.84. The summed E-state index contributed by atoms with van der Waals surface area (Å²) in [6, 6.07) is 15.7. The molecule has 0 unspecified atom stereocenters. The Morgan fingerprint density at radius 3 is 2.56 bits per heavy atom. The quantitative estimate of drug-likeness (QED) is 0.662. The van der Waals surface area contributed by atoms with Crippen LogP contribution in [0.1, 0.15) is 5.56 Å². The first-order valence-electron chi connectivity index (χ1n) is 7.85. The second-order valence-electron chi connectivity index (χ2n) is 5.38. The Hall–Kier alpha value is -2.73. The number of benzene rings is 2. The van der Waals surface area contributed by atoms with Gasteiger partial charge in [0, 0.05) is 29.5 Å². The van der Waals surface area contributed by atoms with E-state index in [2.05, 4.69) is 10.3 Å². The molecule has 1 N–H and O–H groups in total. The molecule has 0 atom stereocenters. The zero-order valence-electron chi connectivity index (χ0n) is 13.9. The van der Waals surface area contributed by atoms with E-state index in [0.29, 0.717) is 12.3 Å². The van der Waals surface area contributed by atoms with Crippen molar-refractivity contribution in [3.05, 3.63) is 72.8 Å². The van der Waals surface area contributed by atoms with Gasteiger partial charge in [0.05, 0.1) is 19.2 Å². The molecule has 5 nitrogen and oxygen atoms in total. The van der Waals surface area contributed by atoms with E-state index in [9.17, 15) is 4.79 Å². The van der Waals surface area contributed by atoms with Crippen LogP contribution in [0.15, 0.2) is 72.1 Å². The maximum Gasteiger partial charge on any atom is 0.230 e. The number of nitrogens with one attached hydrogen (secondary N) is 1. The van der Waals surface area contributed by atoms with Crippen molar-refractivity contribution in [1.82, 2.24) is 14.9 Å². The number of rotatable bonds is 7. The van der Waals surface area contributed by atoms with Crippen molar-refractivity contribution >= 4 is 17.7 Å². The highest BCUT2D eigenvalue weighted by molar-refractivity contribution is 8.00. The van der Waals surface area contributed by atoms with E-state index in [4.69, 9.17) is 4.74 Å². The molecule has 3 aromatic rings. The molecular weight excluding hydrogens is 334 g/mol. The van der Waals surface area contributed by atoms with Gasteiger partial charge in [0.1, 0.15) is 5.75 Å². The van der Waals surface area contributed by atoms with Crippen LogP contribution < -0.4 is 10.1 Å². The topological polar surface area (TPSA) is 56.1 Å². The summed E-state index contributed by atoms with van der Waals surface area (Å²) in [7, 11) is 1.64. The molecular formula is C19H19N3O2S. The zero-order chi connectivity index (χ0) is 17.5. The molecule has 0 saturated heterocycles. The highest BCUT2D eigenvalue weighted by atomic mass is 32.2. The summed E-state index contributed by atoms with van der Waals surface area (Å²) >= 11 is 1.51. The Labute approximate surface area is 151 Å². The van der Waals surface area contributed by atoms with E-state index in [1.54, 1.807) is 19.6 Å². The van der Waals surface area contributed by atoms with Gasteiger partial charge in [0.15, 0.2) is 0 Å². The third-order valence-electron chi connectivity index (χ3n) is 3.66. The van der Waals surface area contributed by atoms with Crippen molar-refractivity contribution in [2.45, 2.75) is 11.4 Å². The largest absolute Gasteiger partial charge is 0.497 e. The van der Waals surface area contributed by atoms with E-state index in [0.717, 1.165) is 21.9 Å². The number of imidazole rings is 1. The molecule has 0 aliphatic rings. The number of carbonyl (C=O) groups is 1. The third kappa shape index (κ3) is 4.87. The molecule has 0 saturated carbocycles. The summed E-state index contributed by atoms with van der Waals surface area (Å²) in [6.07, 6.45) is 5.40. The summed E-state index contributed by atoms with van der Waals surface area (Å²) in [5.74, 6) is 1.21. The summed E-state index contributed by atoms with van der Waals surface area (Å²) in [5.41, 5.74) is 2.11. The van der Waals surface area contributed by atoms with Crippen LogP contribution in [0.4, 0.5) is 0 Å². The minimum absolute atomic E-state index is 0.0134. The fourth-order valence-corrected chi connectivity index (χ4v) is 3.00. The second kappa shape index (κ2) is 8.39. The fraction of sp³-hybridized carbons (Fsp3) is 0.158. The monoisotopic (exact) mass is 353 g/mol. The lowest BCUT2D eigenvalue weighted by Crippen LogP contribution is -2.24. The van der Waals surface area contributed by atoms with Crippen LogP contribution in [0.25, 0.3) is 5.69 Å². The van der Waals surface area contributed by atoms with Gasteiger partial charge < -0.3 is 14.6 Å². The maximum absolute atomic E-state index is 12.0. The van der Waals surface area contributed by atoms with E-state index >= 15 is 0 Å². The average Bonchev–Trinajstić information content (AvgIpc) is 3.20. The molecule has 0 aliphatic carbocycles. The lowest BCUT2D eigenvalue weighted by molar-refractivity contribution is -0.118. The first-order chi connectivity index (χ1) is 12.2. The van der Waals surface area contributed by atoms with Gasteiger partial charge in [-0.1, -0.05) is 12.1 Å². The molecule has 25 heavy (non-hydrogen) atoms. The Bertz CT molecular complexity index is 800. The van der Waals surface area contributed by atoms with Gasteiger partial charge in [0.2, 0.25) is 5.91 Å². The summed E-state index contributed by atoms with van der Waals surface area (Å²) in [6.45, 7) is 0.520. The molecule has 1 aromatic heterocycles. The molecule has 1 heterocycles. The van der Waals surface area contributed by atoms with Crippen LogP contribution >= 0.6 is 11.8 Å². The standard InChI is InChI=1S/C19H19N3O2S/c1-24-17-6-8-18(9-7-17)25-13-19(23)21-12-15-2-4-16(5-3-15)22-11-10-20-14-22/h2-11,14H,12-13H2,1H3,(H,21,23). The van der Waals surface area contributed by atoms with Crippen LogP contribution in [0, 0.1) is 0 Å². The molecule has 0 fully saturated rings. The minimum atomic E-state index is 0.0134. The lowest BCUT2D eigenvalue weighted by atomic mass is 10.2. The summed E-state index contributed by atoms with van der Waals surface area (Å²) < 4.78 is 7.06. The van der Waals surface area contributed by atoms with Crippen LogP contribution in [0.5, 0.6) is 5.75 Å². The van der Waals surface area contributed by atoms with Crippen molar-refractivity contribution in [2.24, 2.45) is 0 Å². The first kappa shape index (κ1) is 17.1. The highest BCUT2D eigenvalue weighted by Gasteiger charge is 2.04. The van der Waals surface area contributed by atoms with Crippen LogP contribution in [-0.4, -0.2) is 28.3 Å².